The molecule has 2 aliphatic rings. The molecule has 0 atom stereocenters. The first-order valence-electron chi connectivity index (χ1n) is 7.17. The van der Waals surface area contributed by atoms with Gasteiger partial charge in [0.1, 0.15) is 0 Å². The highest BCUT2D eigenvalue weighted by molar-refractivity contribution is 5.79. The molecule has 0 spiro atoms. The van der Waals surface area contributed by atoms with Gasteiger partial charge in [-0.15, -0.1) is 0 Å². The topological polar surface area (TPSA) is 49.9 Å². The molecule has 0 bridgehead atoms. The van der Waals surface area contributed by atoms with Crippen LogP contribution in [-0.2, 0) is 14.3 Å². The van der Waals surface area contributed by atoms with E-state index in [9.17, 15) is 9.59 Å². The highest BCUT2D eigenvalue weighted by atomic mass is 16.5. The molecular weight excluding hydrogens is 244 g/mol. The van der Waals surface area contributed by atoms with Gasteiger partial charge in [-0.1, -0.05) is 0 Å². The molecule has 0 unspecified atom stereocenters. The summed E-state index contributed by atoms with van der Waals surface area (Å²) < 4.78 is 4.77. The van der Waals surface area contributed by atoms with E-state index in [1.54, 1.807) is 0 Å². The molecule has 0 aromatic carbocycles. The summed E-state index contributed by atoms with van der Waals surface area (Å²) in [5, 5.41) is 0. The molecule has 0 aromatic heterocycles. The molecule has 2 fully saturated rings. The van der Waals surface area contributed by atoms with Crippen LogP contribution in [0.5, 0.6) is 0 Å². The molecule has 1 aliphatic carbocycles. The zero-order valence-electron chi connectivity index (χ0n) is 11.9. The van der Waals surface area contributed by atoms with Crippen LogP contribution in [0.25, 0.3) is 0 Å². The molecule has 1 saturated carbocycles. The van der Waals surface area contributed by atoms with E-state index in [4.69, 9.17) is 4.74 Å². The van der Waals surface area contributed by atoms with E-state index in [2.05, 4.69) is 11.9 Å². The zero-order valence-corrected chi connectivity index (χ0v) is 11.9. The van der Waals surface area contributed by atoms with E-state index in [-0.39, 0.29) is 23.7 Å². The second kappa shape index (κ2) is 6.37. The lowest BCUT2D eigenvalue weighted by molar-refractivity contribution is -0.149. The minimum Gasteiger partial charge on any atom is -0.469 e. The van der Waals surface area contributed by atoms with Crippen molar-refractivity contribution < 1.29 is 14.3 Å². The molecule has 0 radical (unpaired) electrons. The average Bonchev–Trinajstić information content (AvgIpc) is 2.46. The number of methoxy groups -OCH3 is 1. The Bertz CT molecular complexity index is 330. The normalized spacial score (nSPS) is 29.1. The number of hydrogen-bond donors (Lipinski definition) is 0. The summed E-state index contributed by atoms with van der Waals surface area (Å²) in [6.07, 6.45) is 3.23. The molecule has 5 heteroatoms. The Morgan fingerprint density at radius 3 is 2.00 bits per heavy atom. The van der Waals surface area contributed by atoms with E-state index in [0.29, 0.717) is 0 Å². The third-order valence-corrected chi connectivity index (χ3v) is 4.43. The van der Waals surface area contributed by atoms with Crippen LogP contribution in [-0.4, -0.2) is 62.0 Å². The highest BCUT2D eigenvalue weighted by Gasteiger charge is 2.33. The molecular formula is C14H24N2O3. The lowest BCUT2D eigenvalue weighted by Gasteiger charge is -2.36. The number of rotatable bonds is 2. The van der Waals surface area contributed by atoms with Crippen molar-refractivity contribution in [3.8, 4) is 0 Å². The molecule has 19 heavy (non-hydrogen) atoms. The van der Waals surface area contributed by atoms with Crippen LogP contribution in [0.3, 0.4) is 0 Å². The lowest BCUT2D eigenvalue weighted by Crippen LogP contribution is -2.49. The Morgan fingerprint density at radius 2 is 1.47 bits per heavy atom. The van der Waals surface area contributed by atoms with Crippen LogP contribution in [0.4, 0.5) is 0 Å². The smallest absolute Gasteiger partial charge is 0.308 e. The number of amides is 1. The molecule has 108 valence electrons. The number of likely N-dealkylation sites (N-methyl/N-ethyl adjacent to an activating group) is 1. The molecule has 0 N–H and O–H groups in total. The molecule has 5 nitrogen and oxygen atoms in total. The van der Waals surface area contributed by atoms with Crippen LogP contribution in [0, 0.1) is 11.8 Å². The number of carbonyl (C=O) groups is 2. The van der Waals surface area contributed by atoms with E-state index in [1.807, 2.05) is 4.90 Å². The summed E-state index contributed by atoms with van der Waals surface area (Å²) in [4.78, 5) is 28.1. The Balaban J connectivity index is 1.81. The standard InChI is InChI=1S/C14H24N2O3/c1-15-7-9-16(10-8-15)13(17)11-3-5-12(6-4-11)14(18)19-2/h11-12H,3-10H2,1-2H3. The second-order valence-electron chi connectivity index (χ2n) is 5.70. The van der Waals surface area contributed by atoms with Gasteiger partial charge < -0.3 is 14.5 Å². The van der Waals surface area contributed by atoms with Crippen molar-refractivity contribution in [2.24, 2.45) is 11.8 Å². The maximum absolute atomic E-state index is 12.4. The minimum atomic E-state index is -0.120. The number of nitrogens with zero attached hydrogens (tertiary/aromatic N) is 2. The van der Waals surface area contributed by atoms with Crippen molar-refractivity contribution in [1.82, 2.24) is 9.80 Å². The first-order chi connectivity index (χ1) is 9.11. The van der Waals surface area contributed by atoms with Crippen LogP contribution in [0.15, 0.2) is 0 Å². The highest BCUT2D eigenvalue weighted by Crippen LogP contribution is 2.30. The van der Waals surface area contributed by atoms with Crippen molar-refractivity contribution in [2.75, 3.05) is 40.3 Å². The van der Waals surface area contributed by atoms with Crippen molar-refractivity contribution >= 4 is 11.9 Å². The monoisotopic (exact) mass is 268 g/mol. The largest absolute Gasteiger partial charge is 0.469 e. The first-order valence-corrected chi connectivity index (χ1v) is 7.17. The predicted molar refractivity (Wildman–Crippen MR) is 71.5 cm³/mol. The van der Waals surface area contributed by atoms with Crippen molar-refractivity contribution in [3.05, 3.63) is 0 Å². The van der Waals surface area contributed by atoms with Gasteiger partial charge in [-0.05, 0) is 32.7 Å². The lowest BCUT2D eigenvalue weighted by atomic mass is 9.81. The summed E-state index contributed by atoms with van der Waals surface area (Å²) in [5.41, 5.74) is 0. The Labute approximate surface area is 114 Å². The number of hydrogen-bond acceptors (Lipinski definition) is 4. The summed E-state index contributed by atoms with van der Waals surface area (Å²) in [7, 11) is 3.52. The van der Waals surface area contributed by atoms with Gasteiger partial charge in [-0.25, -0.2) is 0 Å². The van der Waals surface area contributed by atoms with E-state index in [0.717, 1.165) is 51.9 Å². The van der Waals surface area contributed by atoms with Gasteiger partial charge in [-0.3, -0.25) is 9.59 Å². The molecule has 1 amide bonds. The van der Waals surface area contributed by atoms with Gasteiger partial charge in [0, 0.05) is 32.1 Å². The zero-order chi connectivity index (χ0) is 13.8. The van der Waals surface area contributed by atoms with Crippen molar-refractivity contribution in [1.29, 1.82) is 0 Å². The number of piperazine rings is 1. The SMILES string of the molecule is COC(=O)C1CCC(C(=O)N2CCN(C)CC2)CC1. The second-order valence-corrected chi connectivity index (χ2v) is 5.70. The summed E-state index contributed by atoms with van der Waals surface area (Å²) in [5.74, 6) is 0.285. The van der Waals surface area contributed by atoms with Crippen molar-refractivity contribution in [3.63, 3.8) is 0 Å². The van der Waals surface area contributed by atoms with Crippen LogP contribution < -0.4 is 0 Å². The maximum atomic E-state index is 12.4. The van der Waals surface area contributed by atoms with Crippen molar-refractivity contribution in [2.45, 2.75) is 25.7 Å². The fourth-order valence-electron chi connectivity index (χ4n) is 3.03. The first kappa shape index (κ1) is 14.3. The van der Waals surface area contributed by atoms with Gasteiger partial charge in [-0.2, -0.15) is 0 Å². The van der Waals surface area contributed by atoms with Crippen LogP contribution in [0.2, 0.25) is 0 Å². The van der Waals surface area contributed by atoms with E-state index >= 15 is 0 Å². The van der Waals surface area contributed by atoms with Crippen LogP contribution >= 0.6 is 0 Å². The average molecular weight is 268 g/mol. The molecule has 2 rings (SSSR count). The number of esters is 1. The quantitative estimate of drug-likeness (QED) is 0.693. The fraction of sp³-hybridized carbons (Fsp3) is 0.857. The third-order valence-electron chi connectivity index (χ3n) is 4.43. The predicted octanol–water partition coefficient (Wildman–Crippen LogP) is 0.740. The Morgan fingerprint density at radius 1 is 0.947 bits per heavy atom. The summed E-state index contributed by atoms with van der Waals surface area (Å²) >= 11 is 0. The van der Waals surface area contributed by atoms with Gasteiger partial charge in [0.2, 0.25) is 5.91 Å². The van der Waals surface area contributed by atoms with Gasteiger partial charge in [0.15, 0.2) is 0 Å². The van der Waals surface area contributed by atoms with Gasteiger partial charge in [0.05, 0.1) is 13.0 Å². The fourth-order valence-corrected chi connectivity index (χ4v) is 3.03. The molecule has 1 aliphatic heterocycles. The Kier molecular flexibility index (Phi) is 4.80. The van der Waals surface area contributed by atoms with Gasteiger partial charge in [0.25, 0.3) is 0 Å². The molecule has 1 heterocycles. The number of ether oxygens (including phenoxy) is 1. The third kappa shape index (κ3) is 3.47. The van der Waals surface area contributed by atoms with E-state index < -0.39 is 0 Å². The summed E-state index contributed by atoms with van der Waals surface area (Å²) in [6, 6.07) is 0. The maximum Gasteiger partial charge on any atom is 0.308 e. The van der Waals surface area contributed by atoms with Gasteiger partial charge >= 0.3 is 5.97 Å². The molecule has 1 saturated heterocycles. The van der Waals surface area contributed by atoms with Crippen LogP contribution in [0.1, 0.15) is 25.7 Å². The van der Waals surface area contributed by atoms with E-state index in [1.165, 1.54) is 7.11 Å². The number of carbonyl (C=O) groups excluding carboxylic acids is 2. The Hall–Kier alpha value is -1.10. The minimum absolute atomic E-state index is 0.00143. The summed E-state index contributed by atoms with van der Waals surface area (Å²) in [6.45, 7) is 3.60. The molecule has 0 aromatic rings.